The lowest BCUT2D eigenvalue weighted by Crippen LogP contribution is -2.70. The first kappa shape index (κ1) is 16.2. The summed E-state index contributed by atoms with van der Waals surface area (Å²) < 4.78 is 31.8. The van der Waals surface area contributed by atoms with Crippen LogP contribution in [0.1, 0.15) is 0 Å². The number of nitrogens with one attached hydrogen (secondary N) is 2. The van der Waals surface area contributed by atoms with Crippen LogP contribution in [-0.4, -0.2) is 88.3 Å². The number of carbonyl (C=O) groups excluding carboxylic acids is 2. The van der Waals surface area contributed by atoms with E-state index in [1.54, 1.807) is 0 Å². The van der Waals surface area contributed by atoms with Crippen molar-refractivity contribution < 1.29 is 38.0 Å². The van der Waals surface area contributed by atoms with Crippen LogP contribution in [-0.2, 0) is 38.0 Å². The highest BCUT2D eigenvalue weighted by atomic mass is 16.8. The fourth-order valence-corrected chi connectivity index (χ4v) is 3.09. The Morgan fingerprint density at radius 1 is 0.833 bits per heavy atom. The van der Waals surface area contributed by atoms with E-state index in [0.717, 1.165) is 13.1 Å². The maximum absolute atomic E-state index is 12.0. The Kier molecular flexibility index (Phi) is 4.19. The Balaban J connectivity index is 1.29. The van der Waals surface area contributed by atoms with Gasteiger partial charge in [0.25, 0.3) is 0 Å². The molecule has 0 radical (unpaired) electrons. The zero-order valence-electron chi connectivity index (χ0n) is 13.1. The van der Waals surface area contributed by atoms with Crippen LogP contribution in [0.25, 0.3) is 0 Å². The fraction of sp³-hybridized carbons (Fsp3) is 0.857. The van der Waals surface area contributed by atoms with Gasteiger partial charge in [-0.15, -0.1) is 0 Å². The van der Waals surface area contributed by atoms with E-state index in [-0.39, 0.29) is 0 Å². The second kappa shape index (κ2) is 6.21. The fourth-order valence-electron chi connectivity index (χ4n) is 3.09. The average Bonchev–Trinajstić information content (AvgIpc) is 2.63. The topological polar surface area (TPSA) is 114 Å². The summed E-state index contributed by atoms with van der Waals surface area (Å²) >= 11 is 0. The van der Waals surface area contributed by atoms with Crippen LogP contribution in [0, 0.1) is 0 Å². The SMILES string of the molecule is O=C(OC1OCC12CNCCO2)C(=O)OC1OCC12CNCCO2. The summed E-state index contributed by atoms with van der Waals surface area (Å²) in [5.74, 6) is -2.27. The van der Waals surface area contributed by atoms with Gasteiger partial charge < -0.3 is 39.1 Å². The minimum Gasteiger partial charge on any atom is -0.424 e. The summed E-state index contributed by atoms with van der Waals surface area (Å²) in [6.07, 6.45) is -1.84. The molecule has 2 spiro atoms. The Morgan fingerprint density at radius 2 is 1.29 bits per heavy atom. The van der Waals surface area contributed by atoms with Gasteiger partial charge in [0.05, 0.1) is 26.4 Å². The van der Waals surface area contributed by atoms with Gasteiger partial charge in [-0.25, -0.2) is 9.59 Å². The van der Waals surface area contributed by atoms with E-state index in [1.807, 2.05) is 0 Å². The van der Waals surface area contributed by atoms with Crippen molar-refractivity contribution >= 4 is 11.9 Å². The molecule has 24 heavy (non-hydrogen) atoms. The summed E-state index contributed by atoms with van der Waals surface area (Å²) in [5.41, 5.74) is -1.45. The zero-order chi connectivity index (χ0) is 16.6. The second-order valence-electron chi connectivity index (χ2n) is 6.28. The quantitative estimate of drug-likeness (QED) is 0.412. The number of esters is 2. The highest BCUT2D eigenvalue weighted by Crippen LogP contribution is 2.33. The molecule has 4 saturated heterocycles. The Labute approximate surface area is 138 Å². The smallest absolute Gasteiger partial charge is 0.419 e. The molecule has 0 aromatic rings. The van der Waals surface area contributed by atoms with Crippen molar-refractivity contribution in [2.45, 2.75) is 23.8 Å². The van der Waals surface area contributed by atoms with Crippen LogP contribution in [0.3, 0.4) is 0 Å². The van der Waals surface area contributed by atoms with Gasteiger partial charge in [-0.05, 0) is 0 Å². The van der Waals surface area contributed by atoms with Crippen molar-refractivity contribution in [3.8, 4) is 0 Å². The number of ether oxygens (including phenoxy) is 6. The summed E-state index contributed by atoms with van der Waals surface area (Å²) in [4.78, 5) is 23.9. The Bertz CT molecular complexity index is 469. The van der Waals surface area contributed by atoms with Gasteiger partial charge in [0.1, 0.15) is 0 Å². The molecule has 4 fully saturated rings. The van der Waals surface area contributed by atoms with Gasteiger partial charge in [0.15, 0.2) is 11.2 Å². The van der Waals surface area contributed by atoms with E-state index < -0.39 is 35.7 Å². The van der Waals surface area contributed by atoms with Crippen molar-refractivity contribution in [3.63, 3.8) is 0 Å². The monoisotopic (exact) mass is 344 g/mol. The third-order valence-corrected chi connectivity index (χ3v) is 4.60. The number of hydrogen-bond donors (Lipinski definition) is 2. The molecule has 4 unspecified atom stereocenters. The van der Waals surface area contributed by atoms with Crippen LogP contribution in [0.2, 0.25) is 0 Å². The van der Waals surface area contributed by atoms with Crippen molar-refractivity contribution in [2.75, 3.05) is 52.6 Å². The minimum absolute atomic E-state index is 0.307. The standard InChI is InChI=1S/C14H20N2O8/c17-9(23-11-13(7-19-11)5-15-1-3-21-13)10(18)24-12-14(8-20-12)6-16-2-4-22-14/h11-12,15-16H,1-8H2. The molecule has 4 rings (SSSR count). The average molecular weight is 344 g/mol. The highest BCUT2D eigenvalue weighted by Gasteiger charge is 2.56. The van der Waals surface area contributed by atoms with Gasteiger partial charge in [-0.1, -0.05) is 0 Å². The van der Waals surface area contributed by atoms with Crippen LogP contribution in [0.4, 0.5) is 0 Å². The van der Waals surface area contributed by atoms with Gasteiger partial charge in [0.2, 0.25) is 12.6 Å². The minimum atomic E-state index is -1.14. The molecule has 0 saturated carbocycles. The normalized spacial score (nSPS) is 41.3. The lowest BCUT2D eigenvalue weighted by atomic mass is 9.98. The molecule has 0 aromatic carbocycles. The highest BCUT2D eigenvalue weighted by molar-refractivity contribution is 6.29. The summed E-state index contributed by atoms with van der Waals surface area (Å²) in [6, 6.07) is 0. The summed E-state index contributed by atoms with van der Waals surface area (Å²) in [7, 11) is 0. The van der Waals surface area contributed by atoms with Gasteiger partial charge in [-0.3, -0.25) is 0 Å². The van der Waals surface area contributed by atoms with Gasteiger partial charge >= 0.3 is 11.9 Å². The van der Waals surface area contributed by atoms with E-state index in [4.69, 9.17) is 28.4 Å². The first-order valence-corrected chi connectivity index (χ1v) is 7.98. The first-order chi connectivity index (χ1) is 11.6. The van der Waals surface area contributed by atoms with Crippen molar-refractivity contribution in [3.05, 3.63) is 0 Å². The molecule has 0 aromatic heterocycles. The molecule has 0 aliphatic carbocycles. The molecular formula is C14H20N2O8. The van der Waals surface area contributed by atoms with Gasteiger partial charge in [0, 0.05) is 26.2 Å². The van der Waals surface area contributed by atoms with E-state index in [1.165, 1.54) is 0 Å². The maximum Gasteiger partial charge on any atom is 0.419 e. The lowest BCUT2D eigenvalue weighted by Gasteiger charge is -2.49. The number of hydrogen-bond acceptors (Lipinski definition) is 10. The van der Waals surface area contributed by atoms with Crippen molar-refractivity contribution in [1.29, 1.82) is 0 Å². The van der Waals surface area contributed by atoms with Crippen molar-refractivity contribution in [2.24, 2.45) is 0 Å². The first-order valence-electron chi connectivity index (χ1n) is 7.98. The molecule has 134 valence electrons. The summed E-state index contributed by atoms with van der Waals surface area (Å²) in [6.45, 7) is 4.03. The number of morpholine rings is 2. The van der Waals surface area contributed by atoms with Crippen molar-refractivity contribution in [1.82, 2.24) is 10.6 Å². The van der Waals surface area contributed by atoms with Crippen LogP contribution < -0.4 is 10.6 Å². The predicted molar refractivity (Wildman–Crippen MR) is 74.8 cm³/mol. The molecule has 0 amide bonds. The largest absolute Gasteiger partial charge is 0.424 e. The third-order valence-electron chi connectivity index (χ3n) is 4.60. The molecule has 2 N–H and O–H groups in total. The molecule has 4 aliphatic heterocycles. The van der Waals surface area contributed by atoms with Gasteiger partial charge in [-0.2, -0.15) is 0 Å². The molecule has 4 atom stereocenters. The molecular weight excluding hydrogens is 324 g/mol. The number of carbonyl (C=O) groups is 2. The molecule has 4 heterocycles. The molecule has 0 bridgehead atoms. The maximum atomic E-state index is 12.0. The Morgan fingerprint density at radius 3 is 1.58 bits per heavy atom. The zero-order valence-corrected chi connectivity index (χ0v) is 13.1. The third kappa shape index (κ3) is 2.68. The van der Waals surface area contributed by atoms with Crippen LogP contribution in [0.15, 0.2) is 0 Å². The number of rotatable bonds is 2. The molecule has 4 aliphatic rings. The van der Waals surface area contributed by atoms with E-state index in [9.17, 15) is 9.59 Å². The lowest BCUT2D eigenvalue weighted by molar-refractivity contribution is -0.349. The molecule has 10 heteroatoms. The molecule has 10 nitrogen and oxygen atoms in total. The van der Waals surface area contributed by atoms with E-state index in [2.05, 4.69) is 10.6 Å². The van der Waals surface area contributed by atoms with E-state index in [0.29, 0.717) is 39.5 Å². The predicted octanol–water partition coefficient (Wildman–Crippen LogP) is -2.50. The van der Waals surface area contributed by atoms with Crippen LogP contribution >= 0.6 is 0 Å². The van der Waals surface area contributed by atoms with Crippen LogP contribution in [0.5, 0.6) is 0 Å². The summed E-state index contributed by atoms with van der Waals surface area (Å²) in [5, 5.41) is 6.29. The Hall–Kier alpha value is -1.30. The van der Waals surface area contributed by atoms with E-state index >= 15 is 0 Å². The second-order valence-corrected chi connectivity index (χ2v) is 6.28.